The molecule has 3 heterocycles. The monoisotopic (exact) mass is 499 g/mol. The lowest BCUT2D eigenvalue weighted by Crippen LogP contribution is -2.48. The Morgan fingerprint density at radius 3 is 2.72 bits per heavy atom. The molecule has 0 saturated carbocycles. The van der Waals surface area contributed by atoms with Crippen LogP contribution in [-0.2, 0) is 20.6 Å². The molecule has 2 aromatic heterocycles. The molecule has 0 spiro atoms. The summed E-state index contributed by atoms with van der Waals surface area (Å²) in [6.45, 7) is 7.06. The Hall–Kier alpha value is -3.32. The van der Waals surface area contributed by atoms with Gasteiger partial charge in [-0.05, 0) is 30.2 Å². The third-order valence-corrected chi connectivity index (χ3v) is 6.31. The SMILES string of the molecule is CN(CCOC(=O)Nc1ccc(C(C)(C)C)cc1)C[C@H]1OC[C@](O)(n2cnc3c(N)ncnc32)[C@@H]1O. The molecular weight excluding hydrogens is 466 g/mol. The number of aliphatic hydroxyl groups is 2. The number of rotatable bonds is 7. The van der Waals surface area contributed by atoms with Gasteiger partial charge in [-0.1, -0.05) is 32.9 Å². The van der Waals surface area contributed by atoms with Gasteiger partial charge in [0.05, 0.1) is 12.9 Å². The van der Waals surface area contributed by atoms with Gasteiger partial charge in [-0.25, -0.2) is 19.7 Å². The number of aliphatic hydroxyl groups excluding tert-OH is 1. The summed E-state index contributed by atoms with van der Waals surface area (Å²) in [5.41, 5.74) is 6.55. The summed E-state index contributed by atoms with van der Waals surface area (Å²) in [7, 11) is 1.81. The van der Waals surface area contributed by atoms with Crippen molar-refractivity contribution in [1.82, 2.24) is 24.4 Å². The Morgan fingerprint density at radius 2 is 2.03 bits per heavy atom. The van der Waals surface area contributed by atoms with Crippen LogP contribution in [-0.4, -0.2) is 86.3 Å². The van der Waals surface area contributed by atoms with Gasteiger partial charge in [0.25, 0.3) is 0 Å². The molecule has 1 saturated heterocycles. The normalized spacial score (nSPS) is 22.3. The van der Waals surface area contributed by atoms with Crippen LogP contribution in [0.1, 0.15) is 26.3 Å². The topological polar surface area (TPSA) is 161 Å². The molecule has 1 aliphatic rings. The van der Waals surface area contributed by atoms with Crippen molar-refractivity contribution in [2.24, 2.45) is 0 Å². The lowest BCUT2D eigenvalue weighted by atomic mass is 9.87. The largest absolute Gasteiger partial charge is 0.448 e. The van der Waals surface area contributed by atoms with E-state index in [1.54, 1.807) is 7.05 Å². The highest BCUT2D eigenvalue weighted by Gasteiger charge is 2.50. The minimum absolute atomic E-state index is 0.0326. The number of ether oxygens (including phenoxy) is 2. The van der Waals surface area contributed by atoms with Gasteiger partial charge in [0.2, 0.25) is 0 Å². The van der Waals surface area contributed by atoms with Crippen LogP contribution in [0.3, 0.4) is 0 Å². The summed E-state index contributed by atoms with van der Waals surface area (Å²) in [6.07, 6.45) is 0.133. The summed E-state index contributed by atoms with van der Waals surface area (Å²) in [5, 5.41) is 24.8. The van der Waals surface area contributed by atoms with Crippen LogP contribution in [0.5, 0.6) is 0 Å². The predicted octanol–water partition coefficient (Wildman–Crippen LogP) is 1.29. The third kappa shape index (κ3) is 5.26. The molecule has 3 aromatic rings. The van der Waals surface area contributed by atoms with E-state index in [1.807, 2.05) is 29.2 Å². The first-order chi connectivity index (χ1) is 17.0. The molecule has 194 valence electrons. The maximum atomic E-state index is 12.1. The van der Waals surface area contributed by atoms with Crippen molar-refractivity contribution in [3.05, 3.63) is 42.5 Å². The minimum atomic E-state index is -1.76. The number of nitrogens with one attached hydrogen (secondary N) is 1. The van der Waals surface area contributed by atoms with Crippen LogP contribution >= 0.6 is 0 Å². The Labute approximate surface area is 209 Å². The van der Waals surface area contributed by atoms with Gasteiger partial charge in [0, 0.05) is 18.8 Å². The average molecular weight is 500 g/mol. The number of likely N-dealkylation sites (N-methyl/N-ethyl adjacent to an activating group) is 1. The van der Waals surface area contributed by atoms with E-state index in [9.17, 15) is 15.0 Å². The first kappa shape index (κ1) is 25.8. The number of benzene rings is 1. The zero-order chi connectivity index (χ0) is 26.1. The third-order valence-electron chi connectivity index (χ3n) is 6.31. The molecule has 0 bridgehead atoms. The first-order valence-corrected chi connectivity index (χ1v) is 11.7. The molecule has 1 aromatic carbocycles. The van der Waals surface area contributed by atoms with Gasteiger partial charge in [0.15, 0.2) is 17.2 Å². The van der Waals surface area contributed by atoms with E-state index in [1.165, 1.54) is 22.8 Å². The molecule has 1 amide bonds. The van der Waals surface area contributed by atoms with E-state index in [0.29, 0.717) is 29.9 Å². The van der Waals surface area contributed by atoms with E-state index in [-0.39, 0.29) is 24.4 Å². The van der Waals surface area contributed by atoms with Gasteiger partial charge in [-0.3, -0.25) is 9.88 Å². The lowest BCUT2D eigenvalue weighted by molar-refractivity contribution is -0.108. The second-order valence-electron chi connectivity index (χ2n) is 10.1. The van der Waals surface area contributed by atoms with E-state index < -0.39 is 24.0 Å². The van der Waals surface area contributed by atoms with Crippen LogP contribution in [0.2, 0.25) is 0 Å². The molecule has 1 aliphatic heterocycles. The zero-order valence-corrected chi connectivity index (χ0v) is 20.9. The van der Waals surface area contributed by atoms with E-state index in [4.69, 9.17) is 15.2 Å². The zero-order valence-electron chi connectivity index (χ0n) is 20.9. The Balaban J connectivity index is 1.26. The molecule has 4 rings (SSSR count). The maximum Gasteiger partial charge on any atom is 0.411 e. The van der Waals surface area contributed by atoms with Crippen LogP contribution < -0.4 is 11.1 Å². The Kier molecular flexibility index (Phi) is 7.14. The van der Waals surface area contributed by atoms with Gasteiger partial charge in [0.1, 0.15) is 30.7 Å². The number of nitrogen functional groups attached to an aromatic ring is 1. The predicted molar refractivity (Wildman–Crippen MR) is 133 cm³/mol. The van der Waals surface area contributed by atoms with Crippen molar-refractivity contribution in [3.63, 3.8) is 0 Å². The first-order valence-electron chi connectivity index (χ1n) is 11.7. The molecule has 1 fully saturated rings. The summed E-state index contributed by atoms with van der Waals surface area (Å²) in [5.74, 6) is 0.179. The number of anilines is 2. The Bertz CT molecular complexity index is 1210. The molecule has 0 aliphatic carbocycles. The lowest BCUT2D eigenvalue weighted by Gasteiger charge is -2.29. The number of nitrogens with two attached hydrogens (primary N) is 1. The molecule has 5 N–H and O–H groups in total. The van der Waals surface area contributed by atoms with Crippen LogP contribution in [0.15, 0.2) is 36.9 Å². The highest BCUT2D eigenvalue weighted by atomic mass is 16.6. The summed E-state index contributed by atoms with van der Waals surface area (Å²) >= 11 is 0. The highest BCUT2D eigenvalue weighted by Crippen LogP contribution is 2.32. The van der Waals surface area contributed by atoms with E-state index >= 15 is 0 Å². The minimum Gasteiger partial charge on any atom is -0.448 e. The van der Waals surface area contributed by atoms with Gasteiger partial charge in [-0.2, -0.15) is 0 Å². The number of amides is 1. The van der Waals surface area contributed by atoms with Crippen molar-refractivity contribution in [3.8, 4) is 0 Å². The molecule has 36 heavy (non-hydrogen) atoms. The van der Waals surface area contributed by atoms with Crippen molar-refractivity contribution < 1.29 is 24.5 Å². The fourth-order valence-corrected chi connectivity index (χ4v) is 4.10. The summed E-state index contributed by atoms with van der Waals surface area (Å²) in [4.78, 5) is 26.2. The molecule has 0 unspecified atom stereocenters. The van der Waals surface area contributed by atoms with E-state index in [0.717, 1.165) is 0 Å². The maximum absolute atomic E-state index is 12.1. The number of fused-ring (bicyclic) bond motifs is 1. The van der Waals surface area contributed by atoms with Crippen molar-refractivity contribution in [2.45, 2.75) is 44.1 Å². The van der Waals surface area contributed by atoms with Gasteiger partial charge < -0.3 is 30.3 Å². The van der Waals surface area contributed by atoms with Crippen LogP contribution in [0.4, 0.5) is 16.3 Å². The van der Waals surface area contributed by atoms with Gasteiger partial charge in [-0.15, -0.1) is 0 Å². The molecule has 3 atom stereocenters. The average Bonchev–Trinajstić information content (AvgIpc) is 3.38. The van der Waals surface area contributed by atoms with Crippen molar-refractivity contribution in [1.29, 1.82) is 0 Å². The number of imidazole rings is 1. The highest BCUT2D eigenvalue weighted by molar-refractivity contribution is 5.84. The number of aromatic nitrogens is 4. The number of nitrogens with zero attached hydrogens (tertiary/aromatic N) is 5. The fourth-order valence-electron chi connectivity index (χ4n) is 4.10. The number of carbonyl (C=O) groups excluding carboxylic acids is 1. The molecule has 12 heteroatoms. The van der Waals surface area contributed by atoms with Gasteiger partial charge >= 0.3 is 6.09 Å². The summed E-state index contributed by atoms with van der Waals surface area (Å²) < 4.78 is 12.3. The second-order valence-corrected chi connectivity index (χ2v) is 10.1. The quantitative estimate of drug-likeness (QED) is 0.373. The number of carbonyl (C=O) groups is 1. The molecule has 0 radical (unpaired) electrons. The van der Waals surface area contributed by atoms with Crippen LogP contribution in [0, 0.1) is 0 Å². The molecule has 12 nitrogen and oxygen atoms in total. The van der Waals surface area contributed by atoms with E-state index in [2.05, 4.69) is 41.0 Å². The molecular formula is C24H33N7O5. The number of hydrogen-bond donors (Lipinski definition) is 4. The Morgan fingerprint density at radius 1 is 1.31 bits per heavy atom. The summed E-state index contributed by atoms with van der Waals surface area (Å²) in [6, 6.07) is 7.65. The standard InChI is InChI=1S/C24H33N7O5/c1-23(2,3)15-5-7-16(8-6-15)29-22(33)35-10-9-30(4)11-17-19(32)24(34,12-36-17)31-14-28-18-20(25)26-13-27-21(18)31/h5-8,13-14,17,19,32,34H,9-12H2,1-4H3,(H,29,33)(H2,25,26,27)/t17-,19-,24-/m1/s1. The van der Waals surface area contributed by atoms with Crippen LogP contribution in [0.25, 0.3) is 11.2 Å². The number of hydrogen-bond acceptors (Lipinski definition) is 10. The van der Waals surface area contributed by atoms with Crippen molar-refractivity contribution >= 4 is 28.8 Å². The van der Waals surface area contributed by atoms with Crippen molar-refractivity contribution in [2.75, 3.05) is 44.4 Å². The smallest absolute Gasteiger partial charge is 0.411 e. The fraction of sp³-hybridized carbons (Fsp3) is 0.500. The second kappa shape index (κ2) is 9.97.